The zero-order chi connectivity index (χ0) is 21.0. The molecule has 0 saturated heterocycles. The summed E-state index contributed by atoms with van der Waals surface area (Å²) in [5.74, 6) is -0.395. The van der Waals surface area contributed by atoms with Crippen LogP contribution in [0.15, 0.2) is 66.7 Å². The van der Waals surface area contributed by atoms with Gasteiger partial charge in [0.2, 0.25) is 5.91 Å². The second-order valence-corrected chi connectivity index (χ2v) is 7.43. The molecule has 0 unspecified atom stereocenters. The van der Waals surface area contributed by atoms with Crippen LogP contribution in [0.25, 0.3) is 11.1 Å². The predicted octanol–water partition coefficient (Wildman–Crippen LogP) is 4.99. The summed E-state index contributed by atoms with van der Waals surface area (Å²) < 4.78 is 0. The topological polar surface area (TPSA) is 49.4 Å². The van der Waals surface area contributed by atoms with Crippen molar-refractivity contribution in [3.8, 4) is 11.1 Å². The van der Waals surface area contributed by atoms with Crippen LogP contribution in [0.1, 0.15) is 27.0 Å². The number of carbonyl (C=O) groups is 2. The molecule has 0 aromatic heterocycles. The Morgan fingerprint density at radius 1 is 0.828 bits per heavy atom. The summed E-state index contributed by atoms with van der Waals surface area (Å²) in [5, 5.41) is 2.94. The van der Waals surface area contributed by atoms with Gasteiger partial charge >= 0.3 is 0 Å². The maximum atomic E-state index is 12.7. The van der Waals surface area contributed by atoms with Gasteiger partial charge in [-0.05, 0) is 55.2 Å². The number of likely N-dealkylation sites (N-methyl/N-ethyl adjacent to an activating group) is 1. The highest BCUT2D eigenvalue weighted by atomic mass is 16.2. The van der Waals surface area contributed by atoms with Gasteiger partial charge in [-0.25, -0.2) is 0 Å². The first kappa shape index (κ1) is 20.3. The lowest BCUT2D eigenvalue weighted by atomic mass is 10.0. The Morgan fingerprint density at radius 3 is 1.97 bits per heavy atom. The van der Waals surface area contributed by atoms with Crippen LogP contribution in [0.4, 0.5) is 5.69 Å². The van der Waals surface area contributed by atoms with Gasteiger partial charge in [-0.1, -0.05) is 60.2 Å². The molecule has 0 spiro atoms. The summed E-state index contributed by atoms with van der Waals surface area (Å²) in [6.07, 6.45) is 0. The summed E-state index contributed by atoms with van der Waals surface area (Å²) in [6, 6.07) is 21.5. The third kappa shape index (κ3) is 4.91. The van der Waals surface area contributed by atoms with Crippen LogP contribution in [-0.2, 0) is 4.79 Å². The third-order valence-corrected chi connectivity index (χ3v) is 4.91. The van der Waals surface area contributed by atoms with E-state index in [1.54, 1.807) is 19.2 Å². The lowest BCUT2D eigenvalue weighted by Gasteiger charge is -2.19. The van der Waals surface area contributed by atoms with Gasteiger partial charge in [0.1, 0.15) is 0 Å². The van der Waals surface area contributed by atoms with Gasteiger partial charge in [0.25, 0.3) is 5.91 Å². The van der Waals surface area contributed by atoms with Gasteiger partial charge in [0.15, 0.2) is 0 Å². The number of carbonyl (C=O) groups excluding carboxylic acids is 2. The molecule has 0 radical (unpaired) electrons. The lowest BCUT2D eigenvalue weighted by molar-refractivity contribution is -0.116. The van der Waals surface area contributed by atoms with E-state index in [-0.39, 0.29) is 18.4 Å². The van der Waals surface area contributed by atoms with Crippen molar-refractivity contribution in [3.05, 3.63) is 89.0 Å². The van der Waals surface area contributed by atoms with Crippen molar-refractivity contribution in [2.75, 3.05) is 18.9 Å². The molecule has 4 heteroatoms. The molecule has 0 bridgehead atoms. The number of nitrogens with one attached hydrogen (secondary N) is 1. The van der Waals surface area contributed by atoms with E-state index in [9.17, 15) is 9.59 Å². The van der Waals surface area contributed by atoms with Crippen molar-refractivity contribution in [2.24, 2.45) is 0 Å². The molecule has 3 aromatic rings. The number of hydrogen-bond donors (Lipinski definition) is 1. The van der Waals surface area contributed by atoms with Crippen LogP contribution in [0, 0.1) is 20.8 Å². The molecule has 3 aromatic carbocycles. The van der Waals surface area contributed by atoms with Crippen LogP contribution in [0.5, 0.6) is 0 Å². The van der Waals surface area contributed by atoms with E-state index < -0.39 is 0 Å². The smallest absolute Gasteiger partial charge is 0.254 e. The Morgan fingerprint density at radius 2 is 1.38 bits per heavy atom. The van der Waals surface area contributed by atoms with E-state index >= 15 is 0 Å². The Hall–Kier alpha value is -3.40. The first-order valence-electron chi connectivity index (χ1n) is 9.64. The molecular weight excluding hydrogens is 360 g/mol. The van der Waals surface area contributed by atoms with Crippen molar-refractivity contribution in [2.45, 2.75) is 20.8 Å². The fourth-order valence-corrected chi connectivity index (χ4v) is 3.50. The number of aryl methyl sites for hydroxylation is 3. The minimum atomic E-state index is -0.211. The standard InChI is InChI=1S/C25H26N2O2/c1-17-14-18(2)24(19(3)15-17)26-23(28)16-27(4)25(29)22-12-10-21(11-13-22)20-8-6-5-7-9-20/h5-15H,16H2,1-4H3,(H,26,28). The fraction of sp³-hybridized carbons (Fsp3) is 0.200. The summed E-state index contributed by atoms with van der Waals surface area (Å²) in [7, 11) is 1.64. The molecule has 0 aliphatic rings. The Balaban J connectivity index is 1.65. The van der Waals surface area contributed by atoms with Crippen LogP contribution < -0.4 is 5.32 Å². The zero-order valence-electron chi connectivity index (χ0n) is 17.3. The quantitative estimate of drug-likeness (QED) is 0.672. The van der Waals surface area contributed by atoms with E-state index in [2.05, 4.69) is 5.32 Å². The number of anilines is 1. The number of benzene rings is 3. The second-order valence-electron chi connectivity index (χ2n) is 7.43. The molecule has 0 atom stereocenters. The first-order valence-corrected chi connectivity index (χ1v) is 9.64. The van der Waals surface area contributed by atoms with Crippen molar-refractivity contribution < 1.29 is 9.59 Å². The van der Waals surface area contributed by atoms with Crippen LogP contribution in [-0.4, -0.2) is 30.3 Å². The number of nitrogens with zero attached hydrogens (tertiary/aromatic N) is 1. The third-order valence-electron chi connectivity index (χ3n) is 4.91. The number of hydrogen-bond acceptors (Lipinski definition) is 2. The van der Waals surface area contributed by atoms with Crippen molar-refractivity contribution in [1.82, 2.24) is 4.90 Å². The van der Waals surface area contributed by atoms with E-state index in [0.29, 0.717) is 5.56 Å². The zero-order valence-corrected chi connectivity index (χ0v) is 17.3. The first-order chi connectivity index (χ1) is 13.8. The molecule has 0 aliphatic heterocycles. The fourth-order valence-electron chi connectivity index (χ4n) is 3.50. The molecule has 1 N–H and O–H groups in total. The summed E-state index contributed by atoms with van der Waals surface area (Å²) >= 11 is 0. The molecule has 3 rings (SSSR count). The van der Waals surface area contributed by atoms with Gasteiger partial charge < -0.3 is 10.2 Å². The largest absolute Gasteiger partial charge is 0.332 e. The average Bonchev–Trinajstić information content (AvgIpc) is 2.71. The second kappa shape index (κ2) is 8.74. The highest BCUT2D eigenvalue weighted by Crippen LogP contribution is 2.22. The molecule has 0 saturated carbocycles. The molecule has 29 heavy (non-hydrogen) atoms. The monoisotopic (exact) mass is 386 g/mol. The summed E-state index contributed by atoms with van der Waals surface area (Å²) in [4.78, 5) is 26.6. The van der Waals surface area contributed by atoms with Crippen molar-refractivity contribution in [3.63, 3.8) is 0 Å². The molecular formula is C25H26N2O2. The molecule has 4 nitrogen and oxygen atoms in total. The van der Waals surface area contributed by atoms with Crippen molar-refractivity contribution >= 4 is 17.5 Å². The van der Waals surface area contributed by atoms with Gasteiger partial charge in [-0.3, -0.25) is 9.59 Å². The van der Waals surface area contributed by atoms with E-state index in [4.69, 9.17) is 0 Å². The van der Waals surface area contributed by atoms with Crippen LogP contribution in [0.3, 0.4) is 0 Å². The molecule has 0 fully saturated rings. The van der Waals surface area contributed by atoms with Gasteiger partial charge in [0, 0.05) is 18.3 Å². The average molecular weight is 386 g/mol. The maximum absolute atomic E-state index is 12.7. The van der Waals surface area contributed by atoms with Crippen LogP contribution >= 0.6 is 0 Å². The molecule has 0 aliphatic carbocycles. The summed E-state index contributed by atoms with van der Waals surface area (Å²) in [6.45, 7) is 5.96. The van der Waals surface area contributed by atoms with Gasteiger partial charge in [0.05, 0.1) is 6.54 Å². The van der Waals surface area contributed by atoms with Crippen molar-refractivity contribution in [1.29, 1.82) is 0 Å². The minimum Gasteiger partial charge on any atom is -0.332 e. The lowest BCUT2D eigenvalue weighted by Crippen LogP contribution is -2.35. The predicted molar refractivity (Wildman–Crippen MR) is 118 cm³/mol. The Kier molecular flexibility index (Phi) is 6.13. The van der Waals surface area contributed by atoms with Gasteiger partial charge in [-0.15, -0.1) is 0 Å². The molecule has 148 valence electrons. The van der Waals surface area contributed by atoms with Gasteiger partial charge in [-0.2, -0.15) is 0 Å². The highest BCUT2D eigenvalue weighted by Gasteiger charge is 2.16. The van der Waals surface area contributed by atoms with E-state index in [0.717, 1.165) is 33.5 Å². The molecule has 0 heterocycles. The number of amides is 2. The Bertz CT molecular complexity index is 1000. The molecule has 2 amide bonds. The van der Waals surface area contributed by atoms with E-state index in [1.165, 1.54) is 4.90 Å². The highest BCUT2D eigenvalue weighted by molar-refractivity contribution is 6.00. The van der Waals surface area contributed by atoms with E-state index in [1.807, 2.05) is 75.4 Å². The van der Waals surface area contributed by atoms with Crippen LogP contribution in [0.2, 0.25) is 0 Å². The Labute approximate surface area is 172 Å². The normalized spacial score (nSPS) is 10.5. The SMILES string of the molecule is Cc1cc(C)c(NC(=O)CN(C)C(=O)c2ccc(-c3ccccc3)cc2)c(C)c1. The number of rotatable bonds is 5. The maximum Gasteiger partial charge on any atom is 0.254 e. The minimum absolute atomic E-state index is 0.00791. The summed E-state index contributed by atoms with van der Waals surface area (Å²) in [5.41, 5.74) is 6.71.